The first kappa shape index (κ1) is 16.2. The average molecular weight is 367 g/mol. The highest BCUT2D eigenvalue weighted by Crippen LogP contribution is 2.26. The SMILES string of the molecule is O=C1C(=O)N(Cc2cc(-c3cccs3)on2)C(=O)N1Cc1ccccc1. The molecule has 1 fully saturated rings. The average Bonchev–Trinajstić information content (AvgIpc) is 3.37. The quantitative estimate of drug-likeness (QED) is 0.511. The van der Waals surface area contributed by atoms with Gasteiger partial charge in [-0.15, -0.1) is 11.3 Å². The standard InChI is InChI=1S/C18H13N3O4S/c22-16-17(23)21(18(24)20(16)10-12-5-2-1-3-6-12)11-13-9-14(25-19-13)15-7-4-8-26-15/h1-9H,10-11H2. The van der Waals surface area contributed by atoms with Crippen LogP contribution in [-0.4, -0.2) is 32.8 Å². The predicted octanol–water partition coefficient (Wildman–Crippen LogP) is 2.89. The molecule has 3 heterocycles. The first-order chi connectivity index (χ1) is 12.6. The van der Waals surface area contributed by atoms with E-state index in [-0.39, 0.29) is 13.1 Å². The van der Waals surface area contributed by atoms with Gasteiger partial charge in [-0.2, -0.15) is 0 Å². The van der Waals surface area contributed by atoms with Crippen molar-refractivity contribution in [2.75, 3.05) is 0 Å². The van der Waals surface area contributed by atoms with Crippen LogP contribution >= 0.6 is 11.3 Å². The summed E-state index contributed by atoms with van der Waals surface area (Å²) in [4.78, 5) is 39.6. The van der Waals surface area contributed by atoms with E-state index < -0.39 is 17.8 Å². The van der Waals surface area contributed by atoms with Crippen molar-refractivity contribution in [3.05, 3.63) is 65.2 Å². The zero-order valence-corrected chi connectivity index (χ0v) is 14.3. The van der Waals surface area contributed by atoms with Crippen molar-refractivity contribution in [3.8, 4) is 10.6 Å². The molecule has 4 rings (SSSR count). The fourth-order valence-electron chi connectivity index (χ4n) is 2.68. The van der Waals surface area contributed by atoms with Crippen LogP contribution in [0.3, 0.4) is 0 Å². The van der Waals surface area contributed by atoms with Crippen LogP contribution in [0, 0.1) is 0 Å². The van der Waals surface area contributed by atoms with E-state index in [0.29, 0.717) is 11.5 Å². The van der Waals surface area contributed by atoms with Crippen LogP contribution in [0.1, 0.15) is 11.3 Å². The molecular formula is C18H13N3O4S. The van der Waals surface area contributed by atoms with Gasteiger partial charge in [-0.3, -0.25) is 14.5 Å². The van der Waals surface area contributed by atoms with E-state index in [0.717, 1.165) is 20.2 Å². The molecule has 7 nitrogen and oxygen atoms in total. The van der Waals surface area contributed by atoms with Gasteiger partial charge in [0.15, 0.2) is 5.76 Å². The normalized spacial score (nSPS) is 14.5. The van der Waals surface area contributed by atoms with Crippen molar-refractivity contribution in [1.82, 2.24) is 15.0 Å². The Balaban J connectivity index is 1.51. The van der Waals surface area contributed by atoms with Gasteiger partial charge in [0.2, 0.25) is 0 Å². The number of thiophene rings is 1. The highest BCUT2D eigenvalue weighted by atomic mass is 32.1. The summed E-state index contributed by atoms with van der Waals surface area (Å²) in [5.74, 6) is -1.13. The zero-order chi connectivity index (χ0) is 18.1. The van der Waals surface area contributed by atoms with Crippen LogP contribution in [0.2, 0.25) is 0 Å². The molecule has 1 aliphatic rings. The summed E-state index contributed by atoms with van der Waals surface area (Å²) in [6.07, 6.45) is 0. The van der Waals surface area contributed by atoms with Gasteiger partial charge in [0, 0.05) is 6.07 Å². The van der Waals surface area contributed by atoms with Gasteiger partial charge >= 0.3 is 17.8 Å². The molecular weight excluding hydrogens is 354 g/mol. The van der Waals surface area contributed by atoms with Gasteiger partial charge in [-0.25, -0.2) is 9.69 Å². The van der Waals surface area contributed by atoms with Crippen molar-refractivity contribution in [3.63, 3.8) is 0 Å². The highest BCUT2D eigenvalue weighted by molar-refractivity contribution is 7.13. The third-order valence-corrected chi connectivity index (χ3v) is 4.85. The summed E-state index contributed by atoms with van der Waals surface area (Å²) in [6.45, 7) is -0.0520. The zero-order valence-electron chi connectivity index (χ0n) is 13.5. The summed E-state index contributed by atoms with van der Waals surface area (Å²) in [6, 6.07) is 13.8. The van der Waals surface area contributed by atoms with Gasteiger partial charge < -0.3 is 4.52 Å². The van der Waals surface area contributed by atoms with Crippen LogP contribution in [0.4, 0.5) is 4.79 Å². The second-order valence-corrected chi connectivity index (χ2v) is 6.66. The number of hydrogen-bond acceptors (Lipinski definition) is 6. The Bertz CT molecular complexity index is 966. The molecule has 0 radical (unpaired) electrons. The summed E-state index contributed by atoms with van der Waals surface area (Å²) in [5.41, 5.74) is 1.18. The highest BCUT2D eigenvalue weighted by Gasteiger charge is 2.44. The molecule has 4 amide bonds. The third kappa shape index (κ3) is 2.91. The second kappa shape index (κ2) is 6.57. The van der Waals surface area contributed by atoms with E-state index in [9.17, 15) is 14.4 Å². The fraction of sp³-hybridized carbons (Fsp3) is 0.111. The van der Waals surface area contributed by atoms with E-state index in [1.807, 2.05) is 23.6 Å². The lowest BCUT2D eigenvalue weighted by Crippen LogP contribution is -2.32. The van der Waals surface area contributed by atoms with Gasteiger partial charge in [-0.05, 0) is 17.0 Å². The number of rotatable bonds is 5. The Morgan fingerprint density at radius 2 is 1.65 bits per heavy atom. The molecule has 26 heavy (non-hydrogen) atoms. The lowest BCUT2D eigenvalue weighted by molar-refractivity contribution is -0.143. The molecule has 0 aliphatic carbocycles. The van der Waals surface area contributed by atoms with Gasteiger partial charge in [0.25, 0.3) is 0 Å². The molecule has 0 spiro atoms. The molecule has 2 aromatic heterocycles. The summed E-state index contributed by atoms with van der Waals surface area (Å²) < 4.78 is 5.25. The molecule has 0 saturated carbocycles. The van der Waals surface area contributed by atoms with Gasteiger partial charge in [0.05, 0.1) is 18.0 Å². The van der Waals surface area contributed by atoms with Crippen molar-refractivity contribution in [1.29, 1.82) is 0 Å². The number of aromatic nitrogens is 1. The Morgan fingerprint density at radius 3 is 2.35 bits per heavy atom. The number of imide groups is 2. The molecule has 130 valence electrons. The summed E-state index contributed by atoms with van der Waals surface area (Å²) in [5, 5.41) is 5.80. The van der Waals surface area contributed by atoms with Gasteiger partial charge in [0.1, 0.15) is 5.69 Å². The van der Waals surface area contributed by atoms with Crippen LogP contribution in [0.5, 0.6) is 0 Å². The van der Waals surface area contributed by atoms with Crippen LogP contribution < -0.4 is 0 Å². The lowest BCUT2D eigenvalue weighted by atomic mass is 10.2. The number of benzene rings is 1. The van der Waals surface area contributed by atoms with Gasteiger partial charge in [-0.1, -0.05) is 41.6 Å². The third-order valence-electron chi connectivity index (χ3n) is 3.96. The number of carbonyl (C=O) groups excluding carboxylic acids is 3. The number of nitrogens with zero attached hydrogens (tertiary/aromatic N) is 3. The number of amides is 4. The maximum Gasteiger partial charge on any atom is 0.334 e. The Kier molecular flexibility index (Phi) is 4.10. The van der Waals surface area contributed by atoms with E-state index in [4.69, 9.17) is 4.52 Å². The van der Waals surface area contributed by atoms with E-state index in [2.05, 4.69) is 5.16 Å². The molecule has 1 saturated heterocycles. The number of urea groups is 1. The Labute approximate surface area is 152 Å². The van der Waals surface area contributed by atoms with Crippen molar-refractivity contribution in [2.45, 2.75) is 13.1 Å². The number of hydrogen-bond donors (Lipinski definition) is 0. The maximum atomic E-state index is 12.5. The molecule has 0 bridgehead atoms. The van der Waals surface area contributed by atoms with Crippen molar-refractivity contribution in [2.24, 2.45) is 0 Å². The second-order valence-electron chi connectivity index (χ2n) is 5.71. The molecule has 8 heteroatoms. The minimum Gasteiger partial charge on any atom is -0.355 e. The maximum absolute atomic E-state index is 12.5. The minimum atomic E-state index is -0.855. The van der Waals surface area contributed by atoms with E-state index in [1.165, 1.54) is 11.3 Å². The molecule has 1 aliphatic heterocycles. The monoisotopic (exact) mass is 367 g/mol. The number of carbonyl (C=O) groups is 3. The van der Waals surface area contributed by atoms with Crippen molar-refractivity contribution >= 4 is 29.2 Å². The minimum absolute atomic E-state index is 0.0556. The molecule has 3 aromatic rings. The summed E-state index contributed by atoms with van der Waals surface area (Å²) in [7, 11) is 0. The largest absolute Gasteiger partial charge is 0.355 e. The molecule has 1 aromatic carbocycles. The fourth-order valence-corrected chi connectivity index (χ4v) is 3.35. The van der Waals surface area contributed by atoms with Crippen LogP contribution in [-0.2, 0) is 22.7 Å². The van der Waals surface area contributed by atoms with Crippen LogP contribution in [0.25, 0.3) is 10.6 Å². The molecule has 0 N–H and O–H groups in total. The predicted molar refractivity (Wildman–Crippen MR) is 92.8 cm³/mol. The smallest absolute Gasteiger partial charge is 0.334 e. The first-order valence-electron chi connectivity index (χ1n) is 7.84. The lowest BCUT2D eigenvalue weighted by Gasteiger charge is -2.14. The van der Waals surface area contributed by atoms with Crippen molar-refractivity contribution < 1.29 is 18.9 Å². The Morgan fingerprint density at radius 1 is 0.923 bits per heavy atom. The van der Waals surface area contributed by atoms with E-state index >= 15 is 0 Å². The summed E-state index contributed by atoms with van der Waals surface area (Å²) >= 11 is 1.49. The first-order valence-corrected chi connectivity index (χ1v) is 8.72. The Hall–Kier alpha value is -3.26. The molecule has 0 unspecified atom stereocenters. The topological polar surface area (TPSA) is 83.7 Å². The molecule has 0 atom stereocenters. The van der Waals surface area contributed by atoms with E-state index in [1.54, 1.807) is 30.3 Å². The van der Waals surface area contributed by atoms with Crippen LogP contribution in [0.15, 0.2) is 58.4 Å².